The highest BCUT2D eigenvalue weighted by atomic mass is 32.2. The molecule has 3 heterocycles. The number of benzene rings is 2. The fraction of sp³-hybridized carbons (Fsp3) is 0.267. The number of pyridine rings is 1. The molecule has 0 amide bonds. The smallest absolute Gasteiger partial charge is 0.229 e. The maximum Gasteiger partial charge on any atom is 0.229 e. The van der Waals surface area contributed by atoms with E-state index >= 15 is 0 Å². The van der Waals surface area contributed by atoms with Crippen molar-refractivity contribution in [3.05, 3.63) is 95.6 Å². The molecular formula is C30H34N6O3S2. The summed E-state index contributed by atoms with van der Waals surface area (Å²) in [5.41, 5.74) is 7.34. The standard InChI is InChI=1S/C30H34N6O3S2/c1-19-17-24(20(2)35(19)22-12-10-21(11-13-22)34(3)4)29-28(25-9-7-8-16-31-25)32-30(40)36(29)23-14-15-27(39-5)26(18-23)33-41(6,37)38/h7-18,28-29,33H,1-6H3,(H,32,40)/t28-,29+/m1/s1. The first-order chi connectivity index (χ1) is 19.5. The normalized spacial score (nSPS) is 16.9. The molecule has 4 aromatic rings. The van der Waals surface area contributed by atoms with E-state index < -0.39 is 10.0 Å². The third kappa shape index (κ3) is 5.59. The van der Waals surface area contributed by atoms with E-state index in [0.29, 0.717) is 16.5 Å². The molecule has 0 spiro atoms. The summed E-state index contributed by atoms with van der Waals surface area (Å²) < 4.78 is 34.5. The van der Waals surface area contributed by atoms with Crippen LogP contribution < -0.4 is 24.6 Å². The number of nitrogens with zero attached hydrogens (tertiary/aromatic N) is 4. The molecule has 0 saturated carbocycles. The van der Waals surface area contributed by atoms with E-state index in [9.17, 15) is 8.42 Å². The van der Waals surface area contributed by atoms with Gasteiger partial charge in [-0.2, -0.15) is 0 Å². The Kier molecular flexibility index (Phi) is 7.67. The number of methoxy groups -OCH3 is 1. The van der Waals surface area contributed by atoms with Gasteiger partial charge in [-0.1, -0.05) is 6.07 Å². The van der Waals surface area contributed by atoms with E-state index in [0.717, 1.165) is 46.0 Å². The summed E-state index contributed by atoms with van der Waals surface area (Å²) in [6.45, 7) is 4.21. The number of sulfonamides is 1. The summed E-state index contributed by atoms with van der Waals surface area (Å²) >= 11 is 5.91. The molecule has 0 unspecified atom stereocenters. The number of nitrogens with one attached hydrogen (secondary N) is 2. The molecule has 2 N–H and O–H groups in total. The van der Waals surface area contributed by atoms with Gasteiger partial charge in [0.15, 0.2) is 5.11 Å². The highest BCUT2D eigenvalue weighted by Crippen LogP contribution is 2.45. The lowest BCUT2D eigenvalue weighted by Crippen LogP contribution is -2.29. The largest absolute Gasteiger partial charge is 0.495 e. The molecule has 2 aromatic carbocycles. The minimum Gasteiger partial charge on any atom is -0.495 e. The molecule has 11 heteroatoms. The van der Waals surface area contributed by atoms with E-state index in [1.54, 1.807) is 18.3 Å². The van der Waals surface area contributed by atoms with E-state index in [-0.39, 0.29) is 12.1 Å². The Morgan fingerprint density at radius 3 is 2.34 bits per heavy atom. The fourth-order valence-electron chi connectivity index (χ4n) is 5.46. The molecule has 0 radical (unpaired) electrons. The van der Waals surface area contributed by atoms with Crippen LogP contribution in [0.4, 0.5) is 17.1 Å². The van der Waals surface area contributed by atoms with Crippen molar-refractivity contribution in [3.8, 4) is 11.4 Å². The molecule has 1 fully saturated rings. The predicted molar refractivity (Wildman–Crippen MR) is 169 cm³/mol. The Bertz CT molecular complexity index is 1690. The molecule has 2 aromatic heterocycles. The molecule has 5 rings (SSSR count). The summed E-state index contributed by atoms with van der Waals surface area (Å²) in [4.78, 5) is 8.77. The zero-order valence-corrected chi connectivity index (χ0v) is 25.5. The Morgan fingerprint density at radius 1 is 1.02 bits per heavy atom. The van der Waals surface area contributed by atoms with Gasteiger partial charge in [0.1, 0.15) is 5.75 Å². The topological polar surface area (TPSA) is 91.7 Å². The Labute approximate surface area is 246 Å². The van der Waals surface area contributed by atoms with Crippen molar-refractivity contribution >= 4 is 44.4 Å². The average molecular weight is 591 g/mol. The van der Waals surface area contributed by atoms with Crippen LogP contribution in [0.2, 0.25) is 0 Å². The van der Waals surface area contributed by atoms with E-state index in [2.05, 4.69) is 68.7 Å². The van der Waals surface area contributed by atoms with Crippen LogP contribution in [0.15, 0.2) is 72.9 Å². The van der Waals surface area contributed by atoms with Gasteiger partial charge in [-0.3, -0.25) is 9.71 Å². The Balaban J connectivity index is 1.66. The van der Waals surface area contributed by atoms with Crippen LogP contribution in [0.25, 0.3) is 5.69 Å². The summed E-state index contributed by atoms with van der Waals surface area (Å²) in [5, 5.41) is 4.00. The van der Waals surface area contributed by atoms with Crippen molar-refractivity contribution in [3.63, 3.8) is 0 Å². The van der Waals surface area contributed by atoms with Gasteiger partial charge in [0.05, 0.1) is 36.8 Å². The number of thiocarbonyl (C=S) groups is 1. The Hall–Kier alpha value is -4.09. The number of rotatable bonds is 8. The molecular weight excluding hydrogens is 557 g/mol. The SMILES string of the molecule is COc1ccc(N2C(=S)N[C@H](c3ccccn3)[C@@H]2c2cc(C)n(-c3ccc(N(C)C)cc3)c2C)cc1NS(C)(=O)=O. The van der Waals surface area contributed by atoms with Crippen molar-refractivity contribution in [2.45, 2.75) is 25.9 Å². The van der Waals surface area contributed by atoms with Crippen molar-refractivity contribution in [2.75, 3.05) is 42.0 Å². The predicted octanol–water partition coefficient (Wildman–Crippen LogP) is 5.11. The van der Waals surface area contributed by atoms with Crippen molar-refractivity contribution in [1.82, 2.24) is 14.9 Å². The van der Waals surface area contributed by atoms with Gasteiger partial charge < -0.3 is 24.4 Å². The van der Waals surface area contributed by atoms with Gasteiger partial charge in [-0.25, -0.2) is 8.42 Å². The fourth-order valence-corrected chi connectivity index (χ4v) is 6.36. The van der Waals surface area contributed by atoms with Crippen LogP contribution in [0.1, 0.15) is 34.7 Å². The molecule has 1 aliphatic rings. The van der Waals surface area contributed by atoms with Gasteiger partial charge in [0.25, 0.3) is 0 Å². The maximum absolute atomic E-state index is 12.1. The molecule has 0 bridgehead atoms. The number of hydrogen-bond donors (Lipinski definition) is 2. The van der Waals surface area contributed by atoms with Gasteiger partial charge in [-0.05, 0) is 92.3 Å². The van der Waals surface area contributed by atoms with Crippen molar-refractivity contribution in [2.24, 2.45) is 0 Å². The minimum atomic E-state index is -3.54. The molecule has 1 aliphatic heterocycles. The van der Waals surface area contributed by atoms with Crippen LogP contribution in [0.3, 0.4) is 0 Å². The molecule has 1 saturated heterocycles. The first-order valence-electron chi connectivity index (χ1n) is 13.1. The molecule has 2 atom stereocenters. The van der Waals surface area contributed by atoms with Crippen LogP contribution in [-0.2, 0) is 10.0 Å². The second-order valence-corrected chi connectivity index (χ2v) is 12.5. The maximum atomic E-state index is 12.1. The molecule has 41 heavy (non-hydrogen) atoms. The first-order valence-corrected chi connectivity index (χ1v) is 15.4. The minimum absolute atomic E-state index is 0.248. The summed E-state index contributed by atoms with van der Waals surface area (Å²) in [5.74, 6) is 0.412. The second-order valence-electron chi connectivity index (χ2n) is 10.3. The van der Waals surface area contributed by atoms with Crippen molar-refractivity contribution < 1.29 is 13.2 Å². The van der Waals surface area contributed by atoms with Crippen LogP contribution in [0, 0.1) is 13.8 Å². The number of ether oxygens (including phenoxy) is 1. The van der Waals surface area contributed by atoms with Gasteiger partial charge in [0, 0.05) is 48.7 Å². The zero-order valence-electron chi connectivity index (χ0n) is 23.9. The van der Waals surface area contributed by atoms with E-state index in [4.69, 9.17) is 17.0 Å². The monoisotopic (exact) mass is 590 g/mol. The van der Waals surface area contributed by atoms with E-state index in [1.165, 1.54) is 7.11 Å². The number of anilines is 3. The lowest BCUT2D eigenvalue weighted by molar-refractivity contribution is 0.417. The van der Waals surface area contributed by atoms with Gasteiger partial charge >= 0.3 is 0 Å². The number of aryl methyl sites for hydroxylation is 1. The summed E-state index contributed by atoms with van der Waals surface area (Å²) in [6.07, 6.45) is 2.89. The average Bonchev–Trinajstić information content (AvgIpc) is 3.43. The number of hydrogen-bond acceptors (Lipinski definition) is 6. The van der Waals surface area contributed by atoms with Crippen molar-refractivity contribution in [1.29, 1.82) is 0 Å². The van der Waals surface area contributed by atoms with Crippen LogP contribution in [-0.4, -0.2) is 50.5 Å². The summed E-state index contributed by atoms with van der Waals surface area (Å²) in [6, 6.07) is 21.4. The first kappa shape index (κ1) is 28.4. The van der Waals surface area contributed by atoms with Crippen LogP contribution >= 0.6 is 12.2 Å². The zero-order chi connectivity index (χ0) is 29.5. The lowest BCUT2D eigenvalue weighted by atomic mass is 9.96. The van der Waals surface area contributed by atoms with Gasteiger partial charge in [0.2, 0.25) is 10.0 Å². The van der Waals surface area contributed by atoms with Crippen LogP contribution in [0.5, 0.6) is 5.75 Å². The number of aromatic nitrogens is 2. The molecule has 9 nitrogen and oxygen atoms in total. The third-order valence-electron chi connectivity index (χ3n) is 7.27. The third-order valence-corrected chi connectivity index (χ3v) is 8.17. The molecule has 0 aliphatic carbocycles. The highest BCUT2D eigenvalue weighted by molar-refractivity contribution is 7.92. The summed E-state index contributed by atoms with van der Waals surface area (Å²) in [7, 11) is 2.01. The molecule has 214 valence electrons. The second kappa shape index (κ2) is 11.1. The Morgan fingerprint density at radius 2 is 1.73 bits per heavy atom. The van der Waals surface area contributed by atoms with E-state index in [1.807, 2.05) is 43.3 Å². The quantitative estimate of drug-likeness (QED) is 0.274. The van der Waals surface area contributed by atoms with Gasteiger partial charge in [-0.15, -0.1) is 0 Å². The highest BCUT2D eigenvalue weighted by Gasteiger charge is 2.42. The lowest BCUT2D eigenvalue weighted by Gasteiger charge is -2.29.